The summed E-state index contributed by atoms with van der Waals surface area (Å²) in [7, 11) is 2.05. The van der Waals surface area contributed by atoms with Gasteiger partial charge in [0.1, 0.15) is 5.82 Å². The van der Waals surface area contributed by atoms with Gasteiger partial charge in [-0.25, -0.2) is 4.98 Å². The first-order valence-electron chi connectivity index (χ1n) is 7.73. The molecule has 0 aliphatic carbocycles. The Balaban J connectivity index is 1.95. The fraction of sp³-hybridized carbons (Fsp3) is 0.688. The predicted octanol–water partition coefficient (Wildman–Crippen LogP) is 3.10. The van der Waals surface area contributed by atoms with E-state index in [2.05, 4.69) is 36.1 Å². The third kappa shape index (κ3) is 5.13. The van der Waals surface area contributed by atoms with Gasteiger partial charge in [-0.1, -0.05) is 25.4 Å². The van der Waals surface area contributed by atoms with Crippen LogP contribution in [0.25, 0.3) is 0 Å². The molecule has 2 rings (SSSR count). The molecule has 1 aliphatic heterocycles. The van der Waals surface area contributed by atoms with Gasteiger partial charge in [-0.2, -0.15) is 0 Å². The number of nitrogens with one attached hydrogen (secondary N) is 1. The summed E-state index contributed by atoms with van der Waals surface area (Å²) >= 11 is 6.39. The van der Waals surface area contributed by atoms with Crippen LogP contribution in [0.15, 0.2) is 12.3 Å². The molecular weight excluding hydrogens is 286 g/mol. The van der Waals surface area contributed by atoms with E-state index in [-0.39, 0.29) is 0 Å². The fourth-order valence-corrected chi connectivity index (χ4v) is 2.93. The summed E-state index contributed by atoms with van der Waals surface area (Å²) in [6.07, 6.45) is 4.28. The van der Waals surface area contributed by atoms with Crippen molar-refractivity contribution in [2.45, 2.75) is 39.3 Å². The minimum atomic E-state index is 0.456. The van der Waals surface area contributed by atoms with Gasteiger partial charge in [-0.15, -0.1) is 0 Å². The molecule has 2 heterocycles. The van der Waals surface area contributed by atoms with Crippen LogP contribution in [0, 0.1) is 5.92 Å². The number of nitrogens with zero attached hydrogens (tertiary/aromatic N) is 2. The third-order valence-electron chi connectivity index (χ3n) is 3.74. The predicted molar refractivity (Wildman–Crippen MR) is 88.0 cm³/mol. The number of rotatable bonds is 6. The molecular formula is C16H26ClN3O. The van der Waals surface area contributed by atoms with E-state index in [0.717, 1.165) is 49.1 Å². The Kier molecular flexibility index (Phi) is 6.27. The second-order valence-corrected chi connectivity index (χ2v) is 6.56. The molecule has 0 bridgehead atoms. The lowest BCUT2D eigenvalue weighted by molar-refractivity contribution is 0.0576. The van der Waals surface area contributed by atoms with Gasteiger partial charge in [0, 0.05) is 39.0 Å². The Morgan fingerprint density at radius 2 is 2.33 bits per heavy atom. The topological polar surface area (TPSA) is 37.4 Å². The lowest BCUT2D eigenvalue weighted by atomic mass is 10.0. The highest BCUT2D eigenvalue weighted by Gasteiger charge is 2.18. The van der Waals surface area contributed by atoms with Crippen LogP contribution in [0.4, 0.5) is 5.82 Å². The van der Waals surface area contributed by atoms with E-state index in [9.17, 15) is 0 Å². The minimum Gasteiger partial charge on any atom is -0.381 e. The minimum absolute atomic E-state index is 0.456. The number of hydrogen-bond acceptors (Lipinski definition) is 4. The summed E-state index contributed by atoms with van der Waals surface area (Å²) in [5, 5.41) is 4.09. The smallest absolute Gasteiger partial charge is 0.147 e. The summed E-state index contributed by atoms with van der Waals surface area (Å²) in [6, 6.07) is 2.46. The largest absolute Gasteiger partial charge is 0.381 e. The van der Waals surface area contributed by atoms with Gasteiger partial charge in [-0.05, 0) is 30.4 Å². The van der Waals surface area contributed by atoms with E-state index >= 15 is 0 Å². The van der Waals surface area contributed by atoms with Crippen LogP contribution in [0.5, 0.6) is 0 Å². The Bertz CT molecular complexity index is 447. The SMILES string of the molecule is CC(C)NCc1cnc(N(C)CC2CCCOC2)c(Cl)c1. The van der Waals surface area contributed by atoms with Crippen LogP contribution in [0.3, 0.4) is 0 Å². The van der Waals surface area contributed by atoms with Crippen LogP contribution >= 0.6 is 11.6 Å². The van der Waals surface area contributed by atoms with Gasteiger partial charge in [0.2, 0.25) is 0 Å². The molecule has 1 saturated heterocycles. The van der Waals surface area contributed by atoms with Crippen molar-refractivity contribution < 1.29 is 4.74 Å². The van der Waals surface area contributed by atoms with E-state index in [1.165, 1.54) is 6.42 Å². The van der Waals surface area contributed by atoms with Gasteiger partial charge in [0.15, 0.2) is 0 Å². The first kappa shape index (κ1) is 16.5. The molecule has 118 valence electrons. The number of pyridine rings is 1. The van der Waals surface area contributed by atoms with Gasteiger partial charge in [-0.3, -0.25) is 0 Å². The number of halogens is 1. The molecule has 0 spiro atoms. The molecule has 0 amide bonds. The van der Waals surface area contributed by atoms with E-state index in [0.29, 0.717) is 12.0 Å². The highest BCUT2D eigenvalue weighted by Crippen LogP contribution is 2.25. The van der Waals surface area contributed by atoms with E-state index in [1.54, 1.807) is 0 Å². The summed E-state index contributed by atoms with van der Waals surface area (Å²) in [4.78, 5) is 6.67. The van der Waals surface area contributed by atoms with Crippen LogP contribution in [0.2, 0.25) is 5.02 Å². The molecule has 4 nitrogen and oxygen atoms in total. The van der Waals surface area contributed by atoms with Crippen LogP contribution in [-0.4, -0.2) is 37.8 Å². The van der Waals surface area contributed by atoms with E-state index < -0.39 is 0 Å². The van der Waals surface area contributed by atoms with Gasteiger partial charge in [0.25, 0.3) is 0 Å². The summed E-state index contributed by atoms with van der Waals surface area (Å²) in [5.41, 5.74) is 1.12. The van der Waals surface area contributed by atoms with Crippen molar-refractivity contribution in [1.82, 2.24) is 10.3 Å². The summed E-state index contributed by atoms with van der Waals surface area (Å²) in [5.74, 6) is 1.43. The zero-order valence-corrected chi connectivity index (χ0v) is 14.0. The maximum absolute atomic E-state index is 6.39. The van der Waals surface area contributed by atoms with Gasteiger partial charge >= 0.3 is 0 Å². The second kappa shape index (κ2) is 7.97. The quantitative estimate of drug-likeness (QED) is 0.876. The lowest BCUT2D eigenvalue weighted by Crippen LogP contribution is -2.31. The van der Waals surface area contributed by atoms with Gasteiger partial charge in [0.05, 0.1) is 11.6 Å². The van der Waals surface area contributed by atoms with E-state index in [4.69, 9.17) is 16.3 Å². The standard InChI is InChI=1S/C16H26ClN3O/c1-12(2)18-8-14-7-15(17)16(19-9-14)20(3)10-13-5-4-6-21-11-13/h7,9,12-13,18H,4-6,8,10-11H2,1-3H3. The fourth-order valence-electron chi connectivity index (χ4n) is 2.60. The molecule has 1 N–H and O–H groups in total. The second-order valence-electron chi connectivity index (χ2n) is 6.15. The summed E-state index contributed by atoms with van der Waals surface area (Å²) in [6.45, 7) is 7.74. The van der Waals surface area contributed by atoms with Crippen molar-refractivity contribution in [3.8, 4) is 0 Å². The highest BCUT2D eigenvalue weighted by molar-refractivity contribution is 6.33. The molecule has 5 heteroatoms. The Hall–Kier alpha value is -0.840. The number of aromatic nitrogens is 1. The average Bonchev–Trinajstić information content (AvgIpc) is 2.46. The van der Waals surface area contributed by atoms with Crippen molar-refractivity contribution in [2.24, 2.45) is 5.92 Å². The lowest BCUT2D eigenvalue weighted by Gasteiger charge is -2.28. The number of anilines is 1. The first-order valence-corrected chi connectivity index (χ1v) is 8.10. The van der Waals surface area contributed by atoms with Crippen molar-refractivity contribution in [3.63, 3.8) is 0 Å². The maximum Gasteiger partial charge on any atom is 0.147 e. The summed E-state index contributed by atoms with van der Waals surface area (Å²) < 4.78 is 5.53. The third-order valence-corrected chi connectivity index (χ3v) is 4.02. The Morgan fingerprint density at radius 3 is 2.95 bits per heavy atom. The molecule has 1 aliphatic rings. The first-order chi connectivity index (χ1) is 10.1. The van der Waals surface area contributed by atoms with E-state index in [1.807, 2.05) is 12.3 Å². The molecule has 1 atom stereocenters. The molecule has 1 aromatic rings. The van der Waals surface area contributed by atoms with Crippen molar-refractivity contribution in [1.29, 1.82) is 0 Å². The normalized spacial score (nSPS) is 19.0. The van der Waals surface area contributed by atoms with Crippen molar-refractivity contribution in [2.75, 3.05) is 31.7 Å². The molecule has 0 aromatic carbocycles. The van der Waals surface area contributed by atoms with Crippen molar-refractivity contribution in [3.05, 3.63) is 22.8 Å². The van der Waals surface area contributed by atoms with Crippen LogP contribution in [-0.2, 0) is 11.3 Å². The van der Waals surface area contributed by atoms with Gasteiger partial charge < -0.3 is 15.0 Å². The molecule has 1 fully saturated rings. The van der Waals surface area contributed by atoms with Crippen molar-refractivity contribution >= 4 is 17.4 Å². The zero-order chi connectivity index (χ0) is 15.2. The molecule has 1 unspecified atom stereocenters. The number of ether oxygens (including phenoxy) is 1. The number of hydrogen-bond donors (Lipinski definition) is 1. The molecule has 21 heavy (non-hydrogen) atoms. The highest BCUT2D eigenvalue weighted by atomic mass is 35.5. The molecule has 0 saturated carbocycles. The molecule has 1 aromatic heterocycles. The molecule has 0 radical (unpaired) electrons. The average molecular weight is 312 g/mol. The van der Waals surface area contributed by atoms with Crippen LogP contribution < -0.4 is 10.2 Å². The Labute approximate surface area is 132 Å². The maximum atomic E-state index is 6.39. The Morgan fingerprint density at radius 1 is 1.52 bits per heavy atom. The monoisotopic (exact) mass is 311 g/mol. The van der Waals surface area contributed by atoms with Crippen LogP contribution in [0.1, 0.15) is 32.3 Å². The zero-order valence-electron chi connectivity index (χ0n) is 13.2.